The molecule has 1 unspecified atom stereocenters. The van der Waals surface area contributed by atoms with Crippen LogP contribution < -0.4 is 5.32 Å². The SMILES string of the molecule is CCCCC(CC)CNCc1ncc(CC)o1. The second-order valence-corrected chi connectivity index (χ2v) is 4.62. The van der Waals surface area contributed by atoms with E-state index in [2.05, 4.69) is 31.1 Å². The zero-order chi connectivity index (χ0) is 12.5. The number of aryl methyl sites for hydroxylation is 1. The van der Waals surface area contributed by atoms with Crippen LogP contribution in [0.4, 0.5) is 0 Å². The molecule has 0 fully saturated rings. The summed E-state index contributed by atoms with van der Waals surface area (Å²) < 4.78 is 5.56. The van der Waals surface area contributed by atoms with Gasteiger partial charge in [-0.3, -0.25) is 0 Å². The zero-order valence-electron chi connectivity index (χ0n) is 11.5. The van der Waals surface area contributed by atoms with Gasteiger partial charge in [0.25, 0.3) is 0 Å². The highest BCUT2D eigenvalue weighted by atomic mass is 16.4. The molecule has 1 aromatic heterocycles. The molecule has 0 radical (unpaired) electrons. The van der Waals surface area contributed by atoms with Crippen molar-refractivity contribution in [3.8, 4) is 0 Å². The molecule has 0 aliphatic carbocycles. The van der Waals surface area contributed by atoms with E-state index in [1.54, 1.807) is 0 Å². The standard InChI is InChI=1S/C14H26N2O/c1-4-7-8-12(5-2)9-15-11-14-16-10-13(6-3)17-14/h10,12,15H,4-9,11H2,1-3H3. The number of nitrogens with zero attached hydrogens (tertiary/aromatic N) is 1. The predicted molar refractivity (Wildman–Crippen MR) is 70.9 cm³/mol. The minimum absolute atomic E-state index is 0.753. The molecule has 1 rings (SSSR count). The van der Waals surface area contributed by atoms with Crippen molar-refractivity contribution in [1.29, 1.82) is 0 Å². The summed E-state index contributed by atoms with van der Waals surface area (Å²) in [5.41, 5.74) is 0. The van der Waals surface area contributed by atoms with Gasteiger partial charge < -0.3 is 9.73 Å². The lowest BCUT2D eigenvalue weighted by Gasteiger charge is -2.14. The van der Waals surface area contributed by atoms with E-state index in [0.29, 0.717) is 0 Å². The predicted octanol–water partition coefficient (Wildman–Crippen LogP) is 3.54. The van der Waals surface area contributed by atoms with Gasteiger partial charge >= 0.3 is 0 Å². The van der Waals surface area contributed by atoms with Crippen LogP contribution in [0.1, 0.15) is 58.1 Å². The summed E-state index contributed by atoms with van der Waals surface area (Å²) in [7, 11) is 0. The van der Waals surface area contributed by atoms with Crippen LogP contribution in [-0.2, 0) is 13.0 Å². The van der Waals surface area contributed by atoms with Crippen molar-refractivity contribution in [3.05, 3.63) is 17.8 Å². The van der Waals surface area contributed by atoms with Gasteiger partial charge in [0.05, 0.1) is 12.7 Å². The minimum atomic E-state index is 0.753. The van der Waals surface area contributed by atoms with E-state index in [0.717, 1.165) is 37.1 Å². The summed E-state index contributed by atoms with van der Waals surface area (Å²) in [4.78, 5) is 4.24. The van der Waals surface area contributed by atoms with Crippen LogP contribution in [0.15, 0.2) is 10.6 Å². The summed E-state index contributed by atoms with van der Waals surface area (Å²) in [6.45, 7) is 8.42. The first-order chi connectivity index (χ1) is 8.30. The van der Waals surface area contributed by atoms with Crippen molar-refractivity contribution in [2.24, 2.45) is 5.92 Å². The third kappa shape index (κ3) is 5.35. The number of oxazole rings is 1. The third-order valence-electron chi connectivity index (χ3n) is 3.20. The Labute approximate surface area is 105 Å². The quantitative estimate of drug-likeness (QED) is 0.715. The maximum Gasteiger partial charge on any atom is 0.208 e. The Morgan fingerprint density at radius 1 is 1.35 bits per heavy atom. The first kappa shape index (κ1) is 14.2. The van der Waals surface area contributed by atoms with E-state index in [4.69, 9.17) is 4.42 Å². The van der Waals surface area contributed by atoms with Gasteiger partial charge in [-0.05, 0) is 18.9 Å². The molecule has 0 bridgehead atoms. The molecule has 3 heteroatoms. The van der Waals surface area contributed by atoms with E-state index < -0.39 is 0 Å². The Kier molecular flexibility index (Phi) is 6.94. The lowest BCUT2D eigenvalue weighted by atomic mass is 9.99. The fourth-order valence-corrected chi connectivity index (χ4v) is 1.92. The van der Waals surface area contributed by atoms with Gasteiger partial charge in [0.15, 0.2) is 0 Å². The molecule has 0 aromatic carbocycles. The fraction of sp³-hybridized carbons (Fsp3) is 0.786. The second kappa shape index (κ2) is 8.29. The van der Waals surface area contributed by atoms with Gasteiger partial charge in [-0.25, -0.2) is 4.98 Å². The lowest BCUT2D eigenvalue weighted by molar-refractivity contribution is 0.390. The lowest BCUT2D eigenvalue weighted by Crippen LogP contribution is -2.22. The molecule has 3 nitrogen and oxygen atoms in total. The monoisotopic (exact) mass is 238 g/mol. The summed E-state index contributed by atoms with van der Waals surface area (Å²) in [6.07, 6.45) is 7.94. The van der Waals surface area contributed by atoms with Crippen molar-refractivity contribution in [2.75, 3.05) is 6.54 Å². The highest BCUT2D eigenvalue weighted by molar-refractivity contribution is 4.93. The number of nitrogens with one attached hydrogen (secondary N) is 1. The Hall–Kier alpha value is -0.830. The highest BCUT2D eigenvalue weighted by Crippen LogP contribution is 2.11. The molecule has 0 aliphatic rings. The molecule has 17 heavy (non-hydrogen) atoms. The van der Waals surface area contributed by atoms with Crippen LogP contribution in [0.3, 0.4) is 0 Å². The number of hydrogen-bond acceptors (Lipinski definition) is 3. The molecule has 0 amide bonds. The Morgan fingerprint density at radius 2 is 2.18 bits per heavy atom. The zero-order valence-corrected chi connectivity index (χ0v) is 11.5. The van der Waals surface area contributed by atoms with E-state index in [1.807, 2.05) is 6.20 Å². The summed E-state index contributed by atoms with van der Waals surface area (Å²) in [5, 5.41) is 3.44. The maximum absolute atomic E-state index is 5.56. The van der Waals surface area contributed by atoms with Crippen LogP contribution in [0, 0.1) is 5.92 Å². The number of unbranched alkanes of at least 4 members (excludes halogenated alkanes) is 1. The van der Waals surface area contributed by atoms with Gasteiger partial charge in [0, 0.05) is 6.42 Å². The highest BCUT2D eigenvalue weighted by Gasteiger charge is 2.06. The molecule has 0 spiro atoms. The van der Waals surface area contributed by atoms with Gasteiger partial charge in [0.1, 0.15) is 5.76 Å². The average Bonchev–Trinajstić information content (AvgIpc) is 2.81. The normalized spacial score (nSPS) is 12.9. The fourth-order valence-electron chi connectivity index (χ4n) is 1.92. The summed E-state index contributed by atoms with van der Waals surface area (Å²) >= 11 is 0. The smallest absolute Gasteiger partial charge is 0.208 e. The Balaban J connectivity index is 2.21. The third-order valence-corrected chi connectivity index (χ3v) is 3.20. The van der Waals surface area contributed by atoms with E-state index >= 15 is 0 Å². The maximum atomic E-state index is 5.56. The Morgan fingerprint density at radius 3 is 2.76 bits per heavy atom. The molecule has 98 valence electrons. The molecule has 1 N–H and O–H groups in total. The largest absolute Gasteiger partial charge is 0.444 e. The number of hydrogen-bond donors (Lipinski definition) is 1. The van der Waals surface area contributed by atoms with Crippen molar-refractivity contribution >= 4 is 0 Å². The van der Waals surface area contributed by atoms with Gasteiger partial charge in [-0.15, -0.1) is 0 Å². The van der Waals surface area contributed by atoms with Gasteiger partial charge in [0.2, 0.25) is 5.89 Å². The molecular formula is C14H26N2O. The second-order valence-electron chi connectivity index (χ2n) is 4.62. The molecular weight excluding hydrogens is 212 g/mol. The van der Waals surface area contributed by atoms with Crippen LogP contribution >= 0.6 is 0 Å². The summed E-state index contributed by atoms with van der Waals surface area (Å²) in [6, 6.07) is 0. The number of aromatic nitrogens is 1. The molecule has 0 saturated carbocycles. The molecule has 0 saturated heterocycles. The molecule has 1 heterocycles. The van der Waals surface area contributed by atoms with Crippen molar-refractivity contribution in [2.45, 2.75) is 59.4 Å². The Bertz CT molecular complexity index is 296. The minimum Gasteiger partial charge on any atom is -0.444 e. The van der Waals surface area contributed by atoms with Crippen LogP contribution in [0.25, 0.3) is 0 Å². The molecule has 0 aliphatic heterocycles. The van der Waals surface area contributed by atoms with Crippen molar-refractivity contribution < 1.29 is 4.42 Å². The van der Waals surface area contributed by atoms with E-state index in [1.165, 1.54) is 25.7 Å². The topological polar surface area (TPSA) is 38.1 Å². The molecule has 1 atom stereocenters. The first-order valence-electron chi connectivity index (χ1n) is 6.94. The number of rotatable bonds is 9. The van der Waals surface area contributed by atoms with Crippen LogP contribution in [0.5, 0.6) is 0 Å². The van der Waals surface area contributed by atoms with Crippen LogP contribution in [0.2, 0.25) is 0 Å². The van der Waals surface area contributed by atoms with Crippen molar-refractivity contribution in [3.63, 3.8) is 0 Å². The van der Waals surface area contributed by atoms with Gasteiger partial charge in [-0.2, -0.15) is 0 Å². The van der Waals surface area contributed by atoms with E-state index in [9.17, 15) is 0 Å². The molecule has 1 aromatic rings. The van der Waals surface area contributed by atoms with Gasteiger partial charge in [-0.1, -0.05) is 40.0 Å². The van der Waals surface area contributed by atoms with E-state index in [-0.39, 0.29) is 0 Å². The van der Waals surface area contributed by atoms with Crippen LogP contribution in [-0.4, -0.2) is 11.5 Å². The average molecular weight is 238 g/mol. The first-order valence-corrected chi connectivity index (χ1v) is 6.94. The van der Waals surface area contributed by atoms with Crippen molar-refractivity contribution in [1.82, 2.24) is 10.3 Å². The summed E-state index contributed by atoms with van der Waals surface area (Å²) in [5.74, 6) is 2.57.